The second kappa shape index (κ2) is 5.60. The molecule has 2 rings (SSSR count). The smallest absolute Gasteiger partial charge is 0.115 e. The molecular weight excluding hydrogens is 232 g/mol. The van der Waals surface area contributed by atoms with Crippen LogP contribution < -0.4 is 0 Å². The first kappa shape index (κ1) is 11.8. The summed E-state index contributed by atoms with van der Waals surface area (Å²) in [7, 11) is 0. The SMILES string of the molecule is CCc1c(Cl)cccc1C=Cc1ccncn1. The Balaban J connectivity index is 2.30. The zero-order valence-corrected chi connectivity index (χ0v) is 10.4. The first-order valence-electron chi connectivity index (χ1n) is 5.52. The highest BCUT2D eigenvalue weighted by Gasteiger charge is 2.01. The molecule has 0 bridgehead atoms. The fraction of sp³-hybridized carbons (Fsp3) is 0.143. The fourth-order valence-corrected chi connectivity index (χ4v) is 1.99. The lowest BCUT2D eigenvalue weighted by molar-refractivity contribution is 1.13. The van der Waals surface area contributed by atoms with Gasteiger partial charge in [0.05, 0.1) is 5.69 Å². The van der Waals surface area contributed by atoms with Crippen LogP contribution in [0.25, 0.3) is 12.2 Å². The van der Waals surface area contributed by atoms with Crippen molar-refractivity contribution in [1.82, 2.24) is 9.97 Å². The van der Waals surface area contributed by atoms with Crippen molar-refractivity contribution in [3.8, 4) is 0 Å². The minimum Gasteiger partial charge on any atom is -0.245 e. The molecule has 2 nitrogen and oxygen atoms in total. The highest BCUT2D eigenvalue weighted by Crippen LogP contribution is 2.22. The van der Waals surface area contributed by atoms with Gasteiger partial charge in [0.15, 0.2) is 0 Å². The summed E-state index contributed by atoms with van der Waals surface area (Å²) in [4.78, 5) is 8.02. The molecule has 0 fully saturated rings. The molecule has 0 amide bonds. The van der Waals surface area contributed by atoms with Gasteiger partial charge in [0.2, 0.25) is 0 Å². The van der Waals surface area contributed by atoms with Crippen molar-refractivity contribution in [3.63, 3.8) is 0 Å². The molecule has 1 heterocycles. The maximum Gasteiger partial charge on any atom is 0.115 e. The normalized spacial score (nSPS) is 10.9. The maximum absolute atomic E-state index is 6.15. The molecule has 1 aromatic carbocycles. The first-order chi connectivity index (χ1) is 8.31. The number of benzene rings is 1. The minimum atomic E-state index is 0.817. The van der Waals surface area contributed by atoms with Crippen molar-refractivity contribution in [2.75, 3.05) is 0 Å². The Labute approximate surface area is 106 Å². The molecule has 0 aliphatic heterocycles. The Morgan fingerprint density at radius 1 is 1.24 bits per heavy atom. The lowest BCUT2D eigenvalue weighted by Crippen LogP contribution is -1.87. The van der Waals surface area contributed by atoms with E-state index in [0.29, 0.717) is 0 Å². The van der Waals surface area contributed by atoms with Gasteiger partial charge in [-0.2, -0.15) is 0 Å². The fourth-order valence-electron chi connectivity index (χ4n) is 1.68. The Kier molecular flexibility index (Phi) is 3.89. The second-order valence-corrected chi connectivity index (χ2v) is 4.04. The van der Waals surface area contributed by atoms with E-state index in [4.69, 9.17) is 11.6 Å². The lowest BCUT2D eigenvalue weighted by atomic mass is 10.0. The molecule has 86 valence electrons. The van der Waals surface area contributed by atoms with Gasteiger partial charge in [-0.3, -0.25) is 0 Å². The number of hydrogen-bond acceptors (Lipinski definition) is 2. The van der Waals surface area contributed by atoms with Gasteiger partial charge in [-0.1, -0.05) is 36.7 Å². The zero-order valence-electron chi connectivity index (χ0n) is 9.60. The molecule has 0 aliphatic carbocycles. The van der Waals surface area contributed by atoms with E-state index >= 15 is 0 Å². The topological polar surface area (TPSA) is 25.8 Å². The van der Waals surface area contributed by atoms with Crippen LogP contribution in [0.5, 0.6) is 0 Å². The Bertz CT molecular complexity index is 521. The maximum atomic E-state index is 6.15. The van der Waals surface area contributed by atoms with Crippen molar-refractivity contribution >= 4 is 23.8 Å². The van der Waals surface area contributed by atoms with E-state index in [1.807, 2.05) is 30.4 Å². The summed E-state index contributed by atoms with van der Waals surface area (Å²) in [5, 5.41) is 0.817. The molecule has 0 radical (unpaired) electrons. The van der Waals surface area contributed by atoms with E-state index in [9.17, 15) is 0 Å². The Morgan fingerprint density at radius 3 is 2.82 bits per heavy atom. The zero-order chi connectivity index (χ0) is 12.1. The summed E-state index contributed by atoms with van der Waals surface area (Å²) in [6.07, 6.45) is 8.19. The largest absolute Gasteiger partial charge is 0.245 e. The molecule has 1 aromatic heterocycles. The van der Waals surface area contributed by atoms with Crippen molar-refractivity contribution in [2.24, 2.45) is 0 Å². The van der Waals surface area contributed by atoms with Gasteiger partial charge in [-0.25, -0.2) is 9.97 Å². The standard InChI is InChI=1S/C14H13ClN2/c1-2-13-11(4-3-5-14(13)15)6-7-12-8-9-16-10-17-12/h3-10H,2H2,1H3. The molecule has 0 unspecified atom stereocenters. The third-order valence-electron chi connectivity index (χ3n) is 2.55. The summed E-state index contributed by atoms with van der Waals surface area (Å²) >= 11 is 6.15. The Morgan fingerprint density at radius 2 is 2.12 bits per heavy atom. The van der Waals surface area contributed by atoms with E-state index in [-0.39, 0.29) is 0 Å². The van der Waals surface area contributed by atoms with Crippen LogP contribution in [0.4, 0.5) is 0 Å². The van der Waals surface area contributed by atoms with Crippen molar-refractivity contribution in [2.45, 2.75) is 13.3 Å². The quantitative estimate of drug-likeness (QED) is 0.819. The number of aromatic nitrogens is 2. The van der Waals surface area contributed by atoms with Crippen LogP contribution in [0.2, 0.25) is 5.02 Å². The van der Waals surface area contributed by atoms with Crippen LogP contribution in [0.15, 0.2) is 36.8 Å². The number of halogens is 1. The minimum absolute atomic E-state index is 0.817. The van der Waals surface area contributed by atoms with Crippen LogP contribution in [-0.4, -0.2) is 9.97 Å². The van der Waals surface area contributed by atoms with E-state index in [2.05, 4.69) is 23.0 Å². The van der Waals surface area contributed by atoms with E-state index in [1.165, 1.54) is 5.56 Å². The van der Waals surface area contributed by atoms with Crippen LogP contribution in [0.3, 0.4) is 0 Å². The van der Waals surface area contributed by atoms with Crippen LogP contribution in [-0.2, 0) is 6.42 Å². The molecule has 0 saturated carbocycles. The van der Waals surface area contributed by atoms with Gasteiger partial charge in [0.1, 0.15) is 6.33 Å². The third kappa shape index (κ3) is 2.92. The van der Waals surface area contributed by atoms with Crippen molar-refractivity contribution in [1.29, 1.82) is 0 Å². The van der Waals surface area contributed by atoms with Gasteiger partial charge >= 0.3 is 0 Å². The van der Waals surface area contributed by atoms with Crippen molar-refractivity contribution < 1.29 is 0 Å². The summed E-state index contributed by atoms with van der Waals surface area (Å²) in [6, 6.07) is 7.80. The summed E-state index contributed by atoms with van der Waals surface area (Å²) < 4.78 is 0. The van der Waals surface area contributed by atoms with Crippen molar-refractivity contribution in [3.05, 3.63) is 58.6 Å². The number of rotatable bonds is 3. The molecule has 0 saturated heterocycles. The molecule has 3 heteroatoms. The van der Waals surface area contributed by atoms with E-state index in [0.717, 1.165) is 22.7 Å². The first-order valence-corrected chi connectivity index (χ1v) is 5.90. The summed E-state index contributed by atoms with van der Waals surface area (Å²) in [5.74, 6) is 0. The van der Waals surface area contributed by atoms with Crippen LogP contribution in [0.1, 0.15) is 23.7 Å². The molecule has 0 aliphatic rings. The molecular formula is C14H13ClN2. The van der Waals surface area contributed by atoms with Gasteiger partial charge in [0.25, 0.3) is 0 Å². The molecule has 0 spiro atoms. The Hall–Kier alpha value is -1.67. The molecule has 0 N–H and O–H groups in total. The average molecular weight is 245 g/mol. The highest BCUT2D eigenvalue weighted by atomic mass is 35.5. The highest BCUT2D eigenvalue weighted by molar-refractivity contribution is 6.31. The lowest BCUT2D eigenvalue weighted by Gasteiger charge is -2.05. The predicted octanol–water partition coefficient (Wildman–Crippen LogP) is 3.86. The monoisotopic (exact) mass is 244 g/mol. The predicted molar refractivity (Wildman–Crippen MR) is 71.8 cm³/mol. The number of hydrogen-bond donors (Lipinski definition) is 0. The van der Waals surface area contributed by atoms with Gasteiger partial charge in [-0.05, 0) is 35.8 Å². The number of nitrogens with zero attached hydrogens (tertiary/aromatic N) is 2. The third-order valence-corrected chi connectivity index (χ3v) is 2.90. The van der Waals surface area contributed by atoms with Gasteiger partial charge < -0.3 is 0 Å². The molecule has 17 heavy (non-hydrogen) atoms. The van der Waals surface area contributed by atoms with Crippen LogP contribution in [0, 0.1) is 0 Å². The summed E-state index contributed by atoms with van der Waals surface area (Å²) in [5.41, 5.74) is 3.19. The van der Waals surface area contributed by atoms with E-state index in [1.54, 1.807) is 12.5 Å². The average Bonchev–Trinajstić information content (AvgIpc) is 2.37. The molecule has 0 atom stereocenters. The van der Waals surface area contributed by atoms with Gasteiger partial charge in [-0.15, -0.1) is 0 Å². The summed E-state index contributed by atoms with van der Waals surface area (Å²) in [6.45, 7) is 2.10. The van der Waals surface area contributed by atoms with Gasteiger partial charge in [0, 0.05) is 11.2 Å². The van der Waals surface area contributed by atoms with Crippen LogP contribution >= 0.6 is 11.6 Å². The second-order valence-electron chi connectivity index (χ2n) is 3.63. The molecule has 2 aromatic rings. The van der Waals surface area contributed by atoms with E-state index < -0.39 is 0 Å².